The van der Waals surface area contributed by atoms with Gasteiger partial charge in [-0.05, 0) is 47.5 Å². The van der Waals surface area contributed by atoms with Gasteiger partial charge >= 0.3 is 0 Å². The van der Waals surface area contributed by atoms with Crippen LogP contribution in [0.3, 0.4) is 0 Å². The molecule has 2 aliphatic rings. The fourth-order valence-corrected chi connectivity index (χ4v) is 4.84. The smallest absolute Gasteiger partial charge is 0.161 e. The van der Waals surface area contributed by atoms with Crippen LogP contribution in [-0.2, 0) is 6.54 Å². The van der Waals surface area contributed by atoms with E-state index in [1.807, 2.05) is 12.4 Å². The largest absolute Gasteiger partial charge is 0.396 e. The Balaban J connectivity index is 1.39. The third-order valence-corrected chi connectivity index (χ3v) is 6.55. The minimum atomic E-state index is -0.236. The minimum absolute atomic E-state index is 0.174. The highest BCUT2D eigenvalue weighted by Crippen LogP contribution is 2.35. The van der Waals surface area contributed by atoms with E-state index >= 15 is 0 Å². The molecule has 4 heterocycles. The SMILES string of the molecule is OC[C@H]1CNC[C@@H]1Nc1ccc2c(c1)Cn1cc(-c3ccc(F)cc3)cc1-c1nccn1-2. The Morgan fingerprint density at radius 3 is 2.81 bits per heavy atom. The molecule has 0 saturated carbocycles. The zero-order valence-corrected chi connectivity index (χ0v) is 17.5. The van der Waals surface area contributed by atoms with Crippen LogP contribution in [0.2, 0.25) is 0 Å². The first kappa shape index (κ1) is 19.3. The lowest BCUT2D eigenvalue weighted by molar-refractivity contribution is 0.231. The molecule has 2 aromatic heterocycles. The Morgan fingerprint density at radius 1 is 1.09 bits per heavy atom. The van der Waals surface area contributed by atoms with Gasteiger partial charge in [0.25, 0.3) is 0 Å². The molecule has 0 radical (unpaired) electrons. The van der Waals surface area contributed by atoms with Crippen molar-refractivity contribution in [1.82, 2.24) is 19.4 Å². The van der Waals surface area contributed by atoms with E-state index in [2.05, 4.69) is 55.2 Å². The van der Waals surface area contributed by atoms with Gasteiger partial charge in [0.15, 0.2) is 5.82 Å². The number of aromatic nitrogens is 3. The molecule has 6 rings (SSSR count). The van der Waals surface area contributed by atoms with E-state index in [0.29, 0.717) is 6.54 Å². The van der Waals surface area contributed by atoms with Gasteiger partial charge in [0.2, 0.25) is 0 Å². The Kier molecular flexibility index (Phi) is 4.59. The number of fused-ring (bicyclic) bond motifs is 5. The van der Waals surface area contributed by atoms with Gasteiger partial charge in [-0.2, -0.15) is 0 Å². The summed E-state index contributed by atoms with van der Waals surface area (Å²) in [4.78, 5) is 4.64. The summed E-state index contributed by atoms with van der Waals surface area (Å²) in [5, 5.41) is 16.6. The zero-order chi connectivity index (χ0) is 21.7. The summed E-state index contributed by atoms with van der Waals surface area (Å²) < 4.78 is 17.7. The molecule has 2 aromatic carbocycles. The molecule has 0 aliphatic carbocycles. The van der Waals surface area contributed by atoms with E-state index in [1.54, 1.807) is 12.1 Å². The summed E-state index contributed by atoms with van der Waals surface area (Å²) in [6, 6.07) is 15.3. The van der Waals surface area contributed by atoms with E-state index in [1.165, 1.54) is 17.7 Å². The fraction of sp³-hybridized carbons (Fsp3) is 0.240. The number of hydrogen-bond donors (Lipinski definition) is 3. The van der Waals surface area contributed by atoms with Crippen LogP contribution in [0.4, 0.5) is 10.1 Å². The number of halogens is 1. The Hall–Kier alpha value is -3.42. The molecule has 0 bridgehead atoms. The van der Waals surface area contributed by atoms with Gasteiger partial charge in [0, 0.05) is 68.0 Å². The maximum atomic E-state index is 13.4. The molecule has 2 atom stereocenters. The van der Waals surface area contributed by atoms with Crippen LogP contribution in [0.15, 0.2) is 67.1 Å². The molecule has 3 N–H and O–H groups in total. The van der Waals surface area contributed by atoms with Crippen molar-refractivity contribution in [2.75, 3.05) is 25.0 Å². The van der Waals surface area contributed by atoms with Crippen LogP contribution in [-0.4, -0.2) is 45.0 Å². The summed E-state index contributed by atoms with van der Waals surface area (Å²) in [6.45, 7) is 2.55. The van der Waals surface area contributed by atoms with E-state index in [4.69, 9.17) is 0 Å². The predicted octanol–water partition coefficient (Wildman–Crippen LogP) is 3.50. The Morgan fingerprint density at radius 2 is 1.97 bits per heavy atom. The van der Waals surface area contributed by atoms with Gasteiger partial charge in [0.05, 0.1) is 11.4 Å². The maximum Gasteiger partial charge on any atom is 0.161 e. The molecule has 0 unspecified atom stereocenters. The molecule has 32 heavy (non-hydrogen) atoms. The average Bonchev–Trinajstić information content (AvgIpc) is 3.53. The van der Waals surface area contributed by atoms with E-state index in [9.17, 15) is 9.50 Å². The summed E-state index contributed by atoms with van der Waals surface area (Å²) in [6.07, 6.45) is 5.92. The summed E-state index contributed by atoms with van der Waals surface area (Å²) in [7, 11) is 0. The molecule has 0 amide bonds. The van der Waals surface area contributed by atoms with Crippen molar-refractivity contribution in [3.05, 3.63) is 78.5 Å². The molecular formula is C25H24FN5O. The third kappa shape index (κ3) is 3.21. The molecule has 2 aliphatic heterocycles. The Bertz CT molecular complexity index is 1280. The van der Waals surface area contributed by atoms with E-state index < -0.39 is 0 Å². The first-order valence-electron chi connectivity index (χ1n) is 10.9. The molecule has 1 fully saturated rings. The van der Waals surface area contributed by atoms with Crippen LogP contribution < -0.4 is 10.6 Å². The second-order valence-electron chi connectivity index (χ2n) is 8.56. The molecule has 0 spiro atoms. The van der Waals surface area contributed by atoms with Crippen molar-refractivity contribution in [1.29, 1.82) is 0 Å². The molecule has 1 saturated heterocycles. The van der Waals surface area contributed by atoms with Gasteiger partial charge in [-0.15, -0.1) is 0 Å². The third-order valence-electron chi connectivity index (χ3n) is 6.55. The number of rotatable bonds is 4. The average molecular weight is 429 g/mol. The fourth-order valence-electron chi connectivity index (χ4n) is 4.84. The Labute approximate surface area is 185 Å². The monoisotopic (exact) mass is 429 g/mol. The number of hydrogen-bond acceptors (Lipinski definition) is 4. The number of benzene rings is 2. The number of imidazole rings is 1. The maximum absolute atomic E-state index is 13.4. The quantitative estimate of drug-likeness (QED) is 0.409. The van der Waals surface area contributed by atoms with Crippen molar-refractivity contribution in [3.63, 3.8) is 0 Å². The van der Waals surface area contributed by atoms with Crippen molar-refractivity contribution in [2.24, 2.45) is 5.92 Å². The molecule has 4 aromatic rings. The second-order valence-corrected chi connectivity index (χ2v) is 8.56. The normalized spacial score (nSPS) is 19.2. The lowest BCUT2D eigenvalue weighted by Gasteiger charge is -2.20. The summed E-state index contributed by atoms with van der Waals surface area (Å²) >= 11 is 0. The molecule has 7 heteroatoms. The van der Waals surface area contributed by atoms with Gasteiger partial charge in [0.1, 0.15) is 5.82 Å². The van der Waals surface area contributed by atoms with Crippen LogP contribution >= 0.6 is 0 Å². The van der Waals surface area contributed by atoms with Gasteiger partial charge < -0.3 is 20.3 Å². The molecule has 6 nitrogen and oxygen atoms in total. The zero-order valence-electron chi connectivity index (χ0n) is 17.5. The van der Waals surface area contributed by atoms with E-state index in [0.717, 1.165) is 47.1 Å². The first-order valence-corrected chi connectivity index (χ1v) is 10.9. The number of nitrogens with one attached hydrogen (secondary N) is 2. The van der Waals surface area contributed by atoms with Crippen molar-refractivity contribution < 1.29 is 9.50 Å². The minimum Gasteiger partial charge on any atom is -0.396 e. The van der Waals surface area contributed by atoms with Crippen LogP contribution in [0, 0.1) is 11.7 Å². The highest BCUT2D eigenvalue weighted by molar-refractivity contribution is 5.72. The number of aliphatic hydroxyl groups excluding tert-OH is 1. The van der Waals surface area contributed by atoms with Crippen molar-refractivity contribution >= 4 is 5.69 Å². The predicted molar refractivity (Wildman–Crippen MR) is 122 cm³/mol. The van der Waals surface area contributed by atoms with Gasteiger partial charge in [-0.25, -0.2) is 9.37 Å². The topological polar surface area (TPSA) is 67.0 Å². The van der Waals surface area contributed by atoms with Crippen LogP contribution in [0.25, 0.3) is 28.3 Å². The highest BCUT2D eigenvalue weighted by atomic mass is 19.1. The number of anilines is 1. The lowest BCUT2D eigenvalue weighted by Crippen LogP contribution is -2.30. The van der Waals surface area contributed by atoms with E-state index in [-0.39, 0.29) is 24.4 Å². The summed E-state index contributed by atoms with van der Waals surface area (Å²) in [5.74, 6) is 0.862. The van der Waals surface area contributed by atoms with Crippen molar-refractivity contribution in [2.45, 2.75) is 12.6 Å². The molecular weight excluding hydrogens is 405 g/mol. The van der Waals surface area contributed by atoms with Gasteiger partial charge in [-0.1, -0.05) is 12.1 Å². The first-order chi connectivity index (χ1) is 15.7. The number of aliphatic hydroxyl groups is 1. The standard InChI is InChI=1S/C25H24FN5O/c26-20-3-1-16(2-4-20)17-10-24-25-28-7-8-31(25)23-6-5-21(9-18(23)14-30(24)13-17)29-22-12-27-11-19(22)15-32/h1-10,13,19,22,27,29,32H,11-12,14-15H2/t19-,22+/m1/s1. The molecule has 162 valence electrons. The number of nitrogens with zero attached hydrogens (tertiary/aromatic N) is 3. The summed E-state index contributed by atoms with van der Waals surface area (Å²) in [5.41, 5.74) is 6.38. The van der Waals surface area contributed by atoms with Crippen LogP contribution in [0.5, 0.6) is 0 Å². The van der Waals surface area contributed by atoms with Crippen LogP contribution in [0.1, 0.15) is 5.56 Å². The van der Waals surface area contributed by atoms with Crippen molar-refractivity contribution in [3.8, 4) is 28.3 Å². The highest BCUT2D eigenvalue weighted by Gasteiger charge is 2.27. The second kappa shape index (κ2) is 7.62. The van der Waals surface area contributed by atoms with Gasteiger partial charge in [-0.3, -0.25) is 4.57 Å². The lowest BCUT2D eigenvalue weighted by atomic mass is 10.0.